The van der Waals surface area contributed by atoms with E-state index in [2.05, 4.69) is 9.82 Å². The lowest BCUT2D eigenvalue weighted by Gasteiger charge is -2.07. The molecule has 6 nitrogen and oxygen atoms in total. The first-order valence-corrected chi connectivity index (χ1v) is 7.13. The molecule has 0 aromatic carbocycles. The molecule has 1 rings (SSSR count). The van der Waals surface area contributed by atoms with Crippen LogP contribution in [0.5, 0.6) is 0 Å². The topological polar surface area (TPSA) is 84.2 Å². The fourth-order valence-corrected chi connectivity index (χ4v) is 3.12. The zero-order chi connectivity index (χ0) is 12.9. The number of hydrogen-bond donors (Lipinski definition) is 2. The number of aliphatic hydroxyl groups is 1. The van der Waals surface area contributed by atoms with Crippen LogP contribution in [0.2, 0.25) is 5.02 Å². The Morgan fingerprint density at radius 1 is 1.47 bits per heavy atom. The van der Waals surface area contributed by atoms with Gasteiger partial charge in [-0.1, -0.05) is 11.6 Å². The number of hydrogen-bond acceptors (Lipinski definition) is 4. The van der Waals surface area contributed by atoms with Crippen molar-refractivity contribution in [3.63, 3.8) is 0 Å². The van der Waals surface area contributed by atoms with Gasteiger partial charge in [-0.15, -0.1) is 0 Å². The Labute approximate surface area is 106 Å². The minimum Gasteiger partial charge on any atom is -0.396 e. The van der Waals surface area contributed by atoms with E-state index in [4.69, 9.17) is 16.7 Å². The first-order valence-electron chi connectivity index (χ1n) is 5.27. The Bertz CT molecular complexity index is 439. The van der Waals surface area contributed by atoms with Crippen LogP contribution in [0.4, 0.5) is 0 Å². The minimum atomic E-state index is -3.61. The van der Waals surface area contributed by atoms with Crippen LogP contribution in [0.15, 0.2) is 11.2 Å². The average molecular weight is 282 g/mol. The third kappa shape index (κ3) is 3.95. The largest absolute Gasteiger partial charge is 0.396 e. The lowest BCUT2D eigenvalue weighted by molar-refractivity contribution is 0.283. The molecule has 0 bridgehead atoms. The first kappa shape index (κ1) is 14.4. The number of aryl methyl sites for hydroxylation is 1. The second-order valence-corrected chi connectivity index (χ2v) is 5.69. The van der Waals surface area contributed by atoms with Crippen LogP contribution >= 0.6 is 11.6 Å². The Kier molecular flexibility index (Phi) is 5.38. The van der Waals surface area contributed by atoms with E-state index in [0.29, 0.717) is 19.4 Å². The summed E-state index contributed by atoms with van der Waals surface area (Å²) in [5, 5.41) is 12.4. The van der Waals surface area contributed by atoms with Crippen LogP contribution in [0.1, 0.15) is 19.3 Å². The van der Waals surface area contributed by atoms with Gasteiger partial charge in [-0.25, -0.2) is 13.1 Å². The summed E-state index contributed by atoms with van der Waals surface area (Å²) in [4.78, 5) is 0. The summed E-state index contributed by atoms with van der Waals surface area (Å²) in [6, 6.07) is 0. The van der Waals surface area contributed by atoms with Gasteiger partial charge in [0.05, 0.1) is 11.2 Å². The highest BCUT2D eigenvalue weighted by Gasteiger charge is 2.21. The van der Waals surface area contributed by atoms with Gasteiger partial charge in [-0.2, -0.15) is 5.10 Å². The van der Waals surface area contributed by atoms with E-state index in [1.165, 1.54) is 17.9 Å². The summed E-state index contributed by atoms with van der Waals surface area (Å²) >= 11 is 5.76. The van der Waals surface area contributed by atoms with Gasteiger partial charge < -0.3 is 5.11 Å². The fourth-order valence-electron chi connectivity index (χ4n) is 1.39. The van der Waals surface area contributed by atoms with Crippen LogP contribution in [-0.2, 0) is 17.1 Å². The van der Waals surface area contributed by atoms with Crippen molar-refractivity contribution in [2.75, 3.05) is 13.2 Å². The van der Waals surface area contributed by atoms with Crippen molar-refractivity contribution in [3.05, 3.63) is 11.2 Å². The summed E-state index contributed by atoms with van der Waals surface area (Å²) in [6.45, 7) is 0.449. The Hall–Kier alpha value is -0.630. The summed E-state index contributed by atoms with van der Waals surface area (Å²) < 4.78 is 27.4. The summed E-state index contributed by atoms with van der Waals surface area (Å²) in [5.74, 6) is 0. The maximum atomic E-state index is 11.9. The number of nitrogens with zero attached hydrogens (tertiary/aromatic N) is 2. The lowest BCUT2D eigenvalue weighted by atomic mass is 10.2. The molecule has 0 aliphatic rings. The number of aliphatic hydroxyl groups excluding tert-OH is 1. The second-order valence-electron chi connectivity index (χ2n) is 3.60. The normalized spacial score (nSPS) is 11.9. The van der Waals surface area contributed by atoms with Gasteiger partial charge in [0.15, 0.2) is 5.03 Å². The molecule has 0 fully saturated rings. The number of aromatic nitrogens is 2. The molecule has 0 aliphatic heterocycles. The standard InChI is InChI=1S/C9H16ClN3O3S/c1-13-9(8(10)7-11-13)17(15,16)12-5-3-2-4-6-14/h7,12,14H,2-6H2,1H3. The highest BCUT2D eigenvalue weighted by molar-refractivity contribution is 7.89. The molecule has 1 aromatic heterocycles. The molecule has 0 unspecified atom stereocenters. The molecular weight excluding hydrogens is 266 g/mol. The third-order valence-corrected chi connectivity index (χ3v) is 4.19. The van der Waals surface area contributed by atoms with Gasteiger partial charge in [0.1, 0.15) is 0 Å². The van der Waals surface area contributed by atoms with Crippen LogP contribution in [0.25, 0.3) is 0 Å². The number of nitrogens with one attached hydrogen (secondary N) is 1. The highest BCUT2D eigenvalue weighted by atomic mass is 35.5. The van der Waals surface area contributed by atoms with E-state index in [1.54, 1.807) is 0 Å². The summed E-state index contributed by atoms with van der Waals surface area (Å²) in [7, 11) is -2.09. The zero-order valence-corrected chi connectivity index (χ0v) is 11.1. The van der Waals surface area contributed by atoms with Crippen molar-refractivity contribution >= 4 is 21.6 Å². The number of unbranched alkanes of at least 4 members (excludes halogenated alkanes) is 2. The zero-order valence-electron chi connectivity index (χ0n) is 9.56. The first-order chi connectivity index (χ1) is 7.99. The second kappa shape index (κ2) is 6.34. The molecule has 0 saturated carbocycles. The van der Waals surface area contributed by atoms with Gasteiger partial charge in [0.2, 0.25) is 0 Å². The fraction of sp³-hybridized carbons (Fsp3) is 0.667. The van der Waals surface area contributed by atoms with Crippen molar-refractivity contribution in [2.24, 2.45) is 7.05 Å². The molecule has 17 heavy (non-hydrogen) atoms. The van der Waals surface area contributed by atoms with E-state index in [-0.39, 0.29) is 16.7 Å². The third-order valence-electron chi connectivity index (χ3n) is 2.22. The van der Waals surface area contributed by atoms with Crippen molar-refractivity contribution in [3.8, 4) is 0 Å². The molecule has 0 spiro atoms. The number of sulfonamides is 1. The van der Waals surface area contributed by atoms with E-state index < -0.39 is 10.0 Å². The van der Waals surface area contributed by atoms with E-state index in [9.17, 15) is 8.42 Å². The quantitative estimate of drug-likeness (QED) is 0.714. The SMILES string of the molecule is Cn1ncc(Cl)c1S(=O)(=O)NCCCCCO. The maximum Gasteiger partial charge on any atom is 0.259 e. The van der Waals surface area contributed by atoms with Crippen LogP contribution in [0.3, 0.4) is 0 Å². The molecule has 0 saturated heterocycles. The Morgan fingerprint density at radius 2 is 2.18 bits per heavy atom. The van der Waals surface area contributed by atoms with Crippen molar-refractivity contribution < 1.29 is 13.5 Å². The molecular formula is C9H16ClN3O3S. The predicted molar refractivity (Wildman–Crippen MR) is 64.3 cm³/mol. The van der Waals surface area contributed by atoms with E-state index in [0.717, 1.165) is 6.42 Å². The molecule has 0 amide bonds. The number of halogens is 1. The lowest BCUT2D eigenvalue weighted by Crippen LogP contribution is -2.27. The average Bonchev–Trinajstić information content (AvgIpc) is 2.58. The molecule has 0 radical (unpaired) electrons. The monoisotopic (exact) mass is 281 g/mol. The maximum absolute atomic E-state index is 11.9. The van der Waals surface area contributed by atoms with Gasteiger partial charge >= 0.3 is 0 Å². The molecule has 1 aromatic rings. The van der Waals surface area contributed by atoms with Crippen molar-refractivity contribution in [1.29, 1.82) is 0 Å². The Morgan fingerprint density at radius 3 is 2.71 bits per heavy atom. The van der Waals surface area contributed by atoms with Crippen molar-refractivity contribution in [2.45, 2.75) is 24.3 Å². The molecule has 98 valence electrons. The molecule has 2 N–H and O–H groups in total. The van der Waals surface area contributed by atoms with Crippen LogP contribution in [-0.4, -0.2) is 36.5 Å². The summed E-state index contributed by atoms with van der Waals surface area (Å²) in [6.07, 6.45) is 3.42. The van der Waals surface area contributed by atoms with Gasteiger partial charge in [-0.3, -0.25) is 4.68 Å². The van der Waals surface area contributed by atoms with Gasteiger partial charge in [-0.05, 0) is 19.3 Å². The Balaban J connectivity index is 2.58. The van der Waals surface area contributed by atoms with E-state index >= 15 is 0 Å². The minimum absolute atomic E-state index is 0.0266. The molecule has 0 atom stereocenters. The molecule has 1 heterocycles. The smallest absolute Gasteiger partial charge is 0.259 e. The summed E-state index contributed by atoms with van der Waals surface area (Å²) in [5.41, 5.74) is 0. The highest BCUT2D eigenvalue weighted by Crippen LogP contribution is 2.19. The van der Waals surface area contributed by atoms with Crippen molar-refractivity contribution in [1.82, 2.24) is 14.5 Å². The van der Waals surface area contributed by atoms with Gasteiger partial charge in [0, 0.05) is 20.2 Å². The van der Waals surface area contributed by atoms with E-state index in [1.807, 2.05) is 0 Å². The van der Waals surface area contributed by atoms with Crippen LogP contribution in [0, 0.1) is 0 Å². The predicted octanol–water partition coefficient (Wildman–Crippen LogP) is 0.514. The van der Waals surface area contributed by atoms with Crippen LogP contribution < -0.4 is 4.72 Å². The molecule has 0 aliphatic carbocycles. The molecule has 8 heteroatoms. The van der Waals surface area contributed by atoms with Gasteiger partial charge in [0.25, 0.3) is 10.0 Å². The number of rotatable bonds is 7.